The molecule has 31 heavy (non-hydrogen) atoms. The Kier molecular flexibility index (Phi) is 8.86. The van der Waals surface area contributed by atoms with Crippen molar-refractivity contribution in [1.82, 2.24) is 0 Å². The molecule has 1 rings (SSSR count). The van der Waals surface area contributed by atoms with E-state index in [0.717, 1.165) is 24.1 Å². The van der Waals surface area contributed by atoms with Crippen molar-refractivity contribution in [2.45, 2.75) is 79.0 Å². The number of ketones is 1. The van der Waals surface area contributed by atoms with Crippen molar-refractivity contribution in [2.75, 3.05) is 19.9 Å². The maximum Gasteiger partial charge on any atom is 0.333 e. The van der Waals surface area contributed by atoms with Crippen LogP contribution in [0.5, 0.6) is 5.75 Å². The van der Waals surface area contributed by atoms with Crippen molar-refractivity contribution >= 4 is 19.5 Å². The molecule has 5 nitrogen and oxygen atoms in total. The average molecular weight is 457 g/mol. The SMILES string of the molecule is CCOP(=O)(CC)OC(C)(F)C(=O)C=Cc1cc(C(C)(C)C)cc(C(C)(C)C)c1OC. The maximum absolute atomic E-state index is 15.0. The molecule has 0 saturated heterocycles. The maximum atomic E-state index is 15.0. The molecule has 1 aromatic carbocycles. The first-order valence-electron chi connectivity index (χ1n) is 10.6. The van der Waals surface area contributed by atoms with Gasteiger partial charge < -0.3 is 9.26 Å². The summed E-state index contributed by atoms with van der Waals surface area (Å²) in [5.74, 6) is -3.11. The highest BCUT2D eigenvalue weighted by molar-refractivity contribution is 7.53. The molecule has 0 fully saturated rings. The minimum Gasteiger partial charge on any atom is -0.496 e. The lowest BCUT2D eigenvalue weighted by Crippen LogP contribution is -2.31. The fourth-order valence-electron chi connectivity index (χ4n) is 2.99. The van der Waals surface area contributed by atoms with Crippen molar-refractivity contribution in [3.63, 3.8) is 0 Å². The van der Waals surface area contributed by atoms with Gasteiger partial charge in [-0.05, 0) is 41.5 Å². The van der Waals surface area contributed by atoms with Crippen LogP contribution in [0.3, 0.4) is 0 Å². The lowest BCUT2D eigenvalue weighted by Gasteiger charge is -2.28. The number of hydrogen-bond donors (Lipinski definition) is 0. The number of hydrogen-bond acceptors (Lipinski definition) is 5. The Hall–Kier alpha value is -1.49. The quantitative estimate of drug-likeness (QED) is 0.301. The molecular formula is C24H38FO5P. The molecular weight excluding hydrogens is 418 g/mol. The highest BCUT2D eigenvalue weighted by atomic mass is 31.2. The zero-order valence-electron chi connectivity index (χ0n) is 20.6. The number of benzene rings is 1. The van der Waals surface area contributed by atoms with E-state index in [-0.39, 0.29) is 23.6 Å². The molecule has 0 aliphatic carbocycles. The van der Waals surface area contributed by atoms with Crippen LogP contribution in [0.4, 0.5) is 4.39 Å². The number of carbonyl (C=O) groups is 1. The number of methoxy groups -OCH3 is 1. The van der Waals surface area contributed by atoms with Crippen molar-refractivity contribution in [3.05, 3.63) is 34.9 Å². The van der Waals surface area contributed by atoms with Crippen LogP contribution in [0.15, 0.2) is 18.2 Å². The van der Waals surface area contributed by atoms with E-state index in [1.165, 1.54) is 6.08 Å². The van der Waals surface area contributed by atoms with E-state index in [1.54, 1.807) is 21.0 Å². The minimum absolute atomic E-state index is 0.0340. The molecule has 0 heterocycles. The number of halogens is 1. The van der Waals surface area contributed by atoms with Crippen LogP contribution < -0.4 is 4.74 Å². The fraction of sp³-hybridized carbons (Fsp3) is 0.625. The summed E-state index contributed by atoms with van der Waals surface area (Å²) in [7, 11) is -2.13. The Morgan fingerprint density at radius 3 is 2.06 bits per heavy atom. The smallest absolute Gasteiger partial charge is 0.333 e. The summed E-state index contributed by atoms with van der Waals surface area (Å²) in [4.78, 5) is 12.6. The van der Waals surface area contributed by atoms with E-state index >= 15 is 4.39 Å². The molecule has 0 aromatic heterocycles. The van der Waals surface area contributed by atoms with Gasteiger partial charge in [-0.2, -0.15) is 0 Å². The first kappa shape index (κ1) is 27.5. The van der Waals surface area contributed by atoms with Gasteiger partial charge in [-0.3, -0.25) is 13.9 Å². The lowest BCUT2D eigenvalue weighted by atomic mass is 9.79. The summed E-state index contributed by atoms with van der Waals surface area (Å²) in [6.45, 7) is 16.8. The largest absolute Gasteiger partial charge is 0.496 e. The molecule has 0 saturated carbocycles. The summed E-state index contributed by atoms with van der Waals surface area (Å²) in [5, 5.41) is 0. The predicted octanol–water partition coefficient (Wildman–Crippen LogP) is 6.82. The number of alkyl halides is 1. The Morgan fingerprint density at radius 1 is 1.06 bits per heavy atom. The summed E-state index contributed by atoms with van der Waals surface area (Å²) >= 11 is 0. The zero-order valence-corrected chi connectivity index (χ0v) is 21.5. The van der Waals surface area contributed by atoms with Gasteiger partial charge in [-0.1, -0.05) is 54.5 Å². The molecule has 0 N–H and O–H groups in total. The first-order chi connectivity index (χ1) is 14.0. The van der Waals surface area contributed by atoms with E-state index in [2.05, 4.69) is 47.6 Å². The van der Waals surface area contributed by atoms with Gasteiger partial charge in [0.1, 0.15) is 5.75 Å². The molecule has 1 aromatic rings. The molecule has 176 valence electrons. The van der Waals surface area contributed by atoms with E-state index in [9.17, 15) is 9.36 Å². The highest BCUT2D eigenvalue weighted by Crippen LogP contribution is 2.51. The predicted molar refractivity (Wildman–Crippen MR) is 125 cm³/mol. The lowest BCUT2D eigenvalue weighted by molar-refractivity contribution is -0.144. The van der Waals surface area contributed by atoms with E-state index in [1.807, 2.05) is 6.07 Å². The van der Waals surface area contributed by atoms with Gasteiger partial charge in [-0.15, -0.1) is 0 Å². The Morgan fingerprint density at radius 2 is 1.65 bits per heavy atom. The molecule has 0 radical (unpaired) electrons. The van der Waals surface area contributed by atoms with Crippen molar-refractivity contribution in [1.29, 1.82) is 0 Å². The number of ether oxygens (including phenoxy) is 1. The second kappa shape index (κ2) is 9.97. The normalized spacial score (nSPS) is 16.7. The molecule has 0 aliphatic rings. The molecule has 7 heteroatoms. The monoisotopic (exact) mass is 456 g/mol. The van der Waals surface area contributed by atoms with Crippen molar-refractivity contribution in [2.24, 2.45) is 0 Å². The van der Waals surface area contributed by atoms with Gasteiger partial charge >= 0.3 is 7.60 Å². The van der Waals surface area contributed by atoms with E-state index in [4.69, 9.17) is 13.8 Å². The molecule has 0 amide bonds. The van der Waals surface area contributed by atoms with Crippen LogP contribution in [-0.2, 0) is 29.2 Å². The van der Waals surface area contributed by atoms with Crippen LogP contribution in [0.25, 0.3) is 6.08 Å². The van der Waals surface area contributed by atoms with Gasteiger partial charge in [0, 0.05) is 24.2 Å². The topological polar surface area (TPSA) is 61.8 Å². The molecule has 0 spiro atoms. The summed E-state index contributed by atoms with van der Waals surface area (Å²) in [6.07, 6.45) is 2.58. The molecule has 0 aliphatic heterocycles. The van der Waals surface area contributed by atoms with Gasteiger partial charge in [0.05, 0.1) is 13.7 Å². The summed E-state index contributed by atoms with van der Waals surface area (Å²) in [5.41, 5.74) is 2.37. The standard InChI is InChI=1S/C24H38FO5P/c1-11-29-31(27,12-2)30-24(9,25)20(26)14-13-17-15-18(22(3,4)5)16-19(21(17)28-10)23(6,7)8/h13-16H,11-12H2,1-10H3. The first-order valence-corrected chi connectivity index (χ1v) is 12.3. The third kappa shape index (κ3) is 7.27. The van der Waals surface area contributed by atoms with Crippen LogP contribution in [0.2, 0.25) is 0 Å². The molecule has 0 bridgehead atoms. The third-order valence-corrected chi connectivity index (χ3v) is 6.92. The van der Waals surface area contributed by atoms with E-state index in [0.29, 0.717) is 11.3 Å². The zero-order chi connectivity index (χ0) is 24.3. The summed E-state index contributed by atoms with van der Waals surface area (Å²) < 4.78 is 43.3. The average Bonchev–Trinajstić information content (AvgIpc) is 2.63. The van der Waals surface area contributed by atoms with Crippen molar-refractivity contribution in [3.8, 4) is 5.75 Å². The fourth-order valence-corrected chi connectivity index (χ4v) is 4.36. The van der Waals surface area contributed by atoms with Gasteiger partial charge in [0.25, 0.3) is 5.85 Å². The van der Waals surface area contributed by atoms with Gasteiger partial charge in [0.2, 0.25) is 5.78 Å². The second-order valence-corrected chi connectivity index (χ2v) is 12.0. The van der Waals surface area contributed by atoms with Crippen LogP contribution in [0.1, 0.15) is 79.0 Å². The third-order valence-electron chi connectivity index (χ3n) is 4.87. The minimum atomic E-state index is -3.70. The molecule has 2 unspecified atom stereocenters. The van der Waals surface area contributed by atoms with Crippen LogP contribution in [-0.4, -0.2) is 31.5 Å². The van der Waals surface area contributed by atoms with Crippen molar-refractivity contribution < 1.29 is 27.5 Å². The second-order valence-electron chi connectivity index (χ2n) is 9.70. The summed E-state index contributed by atoms with van der Waals surface area (Å²) in [6, 6.07) is 4.05. The van der Waals surface area contributed by atoms with Crippen LogP contribution in [0, 0.1) is 0 Å². The highest BCUT2D eigenvalue weighted by Gasteiger charge is 2.40. The van der Waals surface area contributed by atoms with Gasteiger partial charge in [0.15, 0.2) is 0 Å². The van der Waals surface area contributed by atoms with Gasteiger partial charge in [-0.25, -0.2) is 4.39 Å². The Bertz CT molecular complexity index is 860. The van der Waals surface area contributed by atoms with E-state index < -0.39 is 19.2 Å². The Labute approximate surface area is 186 Å². The number of carbonyl (C=O) groups excluding carboxylic acids is 1. The van der Waals surface area contributed by atoms with Crippen LogP contribution >= 0.6 is 7.60 Å². The number of rotatable bonds is 9. The molecule has 2 atom stereocenters. The Balaban J connectivity index is 3.43.